The molecular weight excluding hydrogens is 403 g/mol. The average molecular weight is 419 g/mol. The van der Waals surface area contributed by atoms with Gasteiger partial charge in [0.05, 0.1) is 22.8 Å². The number of nitrogens with one attached hydrogen (secondary N) is 1. The second-order valence-corrected chi connectivity index (χ2v) is 6.65. The molecule has 1 aromatic carbocycles. The number of fused-ring (bicyclic) bond motifs is 1. The summed E-state index contributed by atoms with van der Waals surface area (Å²) in [5, 5.41) is 0. The third-order valence-corrected chi connectivity index (χ3v) is 4.68. The highest BCUT2D eigenvalue weighted by atomic mass is 19.4. The van der Waals surface area contributed by atoms with E-state index in [0.717, 1.165) is 12.1 Å². The number of piperazine rings is 1. The van der Waals surface area contributed by atoms with Crippen molar-refractivity contribution in [2.45, 2.75) is 6.18 Å². The number of ether oxygens (including phenoxy) is 1. The molecule has 0 saturated carbocycles. The van der Waals surface area contributed by atoms with E-state index < -0.39 is 23.7 Å². The van der Waals surface area contributed by atoms with Crippen molar-refractivity contribution in [2.24, 2.45) is 0 Å². The monoisotopic (exact) mass is 419 g/mol. The highest BCUT2D eigenvalue weighted by molar-refractivity contribution is 5.94. The van der Waals surface area contributed by atoms with Gasteiger partial charge < -0.3 is 19.5 Å². The lowest BCUT2D eigenvalue weighted by atomic mass is 10.2. The molecule has 1 saturated heterocycles. The predicted molar refractivity (Wildman–Crippen MR) is 98.8 cm³/mol. The van der Waals surface area contributed by atoms with Crippen LogP contribution in [0.2, 0.25) is 0 Å². The molecule has 0 atom stereocenters. The van der Waals surface area contributed by atoms with Crippen LogP contribution in [0.3, 0.4) is 0 Å². The van der Waals surface area contributed by atoms with Crippen LogP contribution in [0.15, 0.2) is 42.7 Å². The van der Waals surface area contributed by atoms with Crippen LogP contribution in [-0.2, 0) is 6.18 Å². The van der Waals surface area contributed by atoms with Crippen LogP contribution in [0.25, 0.3) is 11.0 Å². The smallest absolute Gasteiger partial charge is 0.409 e. The number of hydrogen-bond donors (Lipinski definition) is 1. The van der Waals surface area contributed by atoms with E-state index in [9.17, 15) is 22.8 Å². The summed E-state index contributed by atoms with van der Waals surface area (Å²) >= 11 is 0. The zero-order chi connectivity index (χ0) is 21.3. The number of nitrogens with zero attached hydrogens (tertiary/aromatic N) is 4. The number of amides is 2. The van der Waals surface area contributed by atoms with E-state index in [4.69, 9.17) is 4.74 Å². The van der Waals surface area contributed by atoms with E-state index >= 15 is 0 Å². The second kappa shape index (κ2) is 7.65. The first-order chi connectivity index (χ1) is 14.3. The van der Waals surface area contributed by atoms with Gasteiger partial charge in [0.25, 0.3) is 5.91 Å². The summed E-state index contributed by atoms with van der Waals surface area (Å²) in [6, 6.07) is 6.31. The number of aromatic nitrogens is 3. The molecule has 1 aliphatic rings. The molecule has 0 spiro atoms. The van der Waals surface area contributed by atoms with Crippen molar-refractivity contribution in [3.63, 3.8) is 0 Å². The molecule has 3 aromatic rings. The maximum Gasteiger partial charge on any atom is 0.416 e. The highest BCUT2D eigenvalue weighted by Gasteiger charge is 2.31. The molecule has 3 heterocycles. The number of alkyl halides is 3. The number of imidazole rings is 1. The van der Waals surface area contributed by atoms with Crippen molar-refractivity contribution in [1.29, 1.82) is 0 Å². The first kappa shape index (κ1) is 19.7. The Morgan fingerprint density at radius 1 is 1.07 bits per heavy atom. The molecule has 0 radical (unpaired) electrons. The largest absolute Gasteiger partial charge is 0.416 e. The standard InChI is InChI=1S/C19H16F3N5O3/c20-19(21,22)12-3-4-14-15(10-12)25-16(24-14)17(28)26-6-8-27(9-7-26)18(29)30-13-2-1-5-23-11-13/h1-5,10-11H,6-9H2,(H,24,25). The molecule has 156 valence electrons. The van der Waals surface area contributed by atoms with Gasteiger partial charge in [0.1, 0.15) is 0 Å². The summed E-state index contributed by atoms with van der Waals surface area (Å²) in [4.78, 5) is 38.5. The predicted octanol–water partition coefficient (Wildman–Crippen LogP) is 2.93. The Labute approximate surface area is 168 Å². The Bertz CT molecular complexity index is 1080. The molecule has 2 amide bonds. The first-order valence-corrected chi connectivity index (χ1v) is 9.04. The molecule has 11 heteroatoms. The number of rotatable bonds is 2. The van der Waals surface area contributed by atoms with Crippen molar-refractivity contribution < 1.29 is 27.5 Å². The van der Waals surface area contributed by atoms with Crippen LogP contribution < -0.4 is 4.74 Å². The quantitative estimate of drug-likeness (QED) is 0.690. The van der Waals surface area contributed by atoms with Gasteiger partial charge in [-0.1, -0.05) is 0 Å². The Balaban J connectivity index is 1.40. The molecule has 0 aliphatic carbocycles. The first-order valence-electron chi connectivity index (χ1n) is 9.04. The lowest BCUT2D eigenvalue weighted by Gasteiger charge is -2.33. The summed E-state index contributed by atoms with van der Waals surface area (Å²) in [6.45, 7) is 0.990. The number of hydrogen-bond acceptors (Lipinski definition) is 5. The van der Waals surface area contributed by atoms with Gasteiger partial charge in [-0.05, 0) is 30.3 Å². The van der Waals surface area contributed by atoms with E-state index in [1.807, 2.05) is 0 Å². The summed E-state index contributed by atoms with van der Waals surface area (Å²) in [5.41, 5.74) is -0.421. The molecule has 30 heavy (non-hydrogen) atoms. The number of benzene rings is 1. The summed E-state index contributed by atoms with van der Waals surface area (Å²) in [5.74, 6) is -0.169. The van der Waals surface area contributed by atoms with Crippen molar-refractivity contribution in [3.05, 3.63) is 54.1 Å². The minimum Gasteiger partial charge on any atom is -0.409 e. The minimum atomic E-state index is -4.48. The average Bonchev–Trinajstić information content (AvgIpc) is 3.17. The topological polar surface area (TPSA) is 91.4 Å². The van der Waals surface area contributed by atoms with Crippen molar-refractivity contribution in [1.82, 2.24) is 24.8 Å². The molecule has 4 rings (SSSR count). The SMILES string of the molecule is O=C(Oc1cccnc1)N1CCN(C(=O)c2nc3ccc(C(F)(F)F)cc3[nH]2)CC1. The van der Waals surface area contributed by atoms with Crippen LogP contribution in [-0.4, -0.2) is 62.9 Å². The maximum atomic E-state index is 12.9. The third kappa shape index (κ3) is 4.04. The van der Waals surface area contributed by atoms with Crippen LogP contribution in [0, 0.1) is 0 Å². The normalized spacial score (nSPS) is 14.8. The highest BCUT2D eigenvalue weighted by Crippen LogP contribution is 2.31. The van der Waals surface area contributed by atoms with E-state index in [2.05, 4.69) is 15.0 Å². The summed E-state index contributed by atoms with van der Waals surface area (Å²) in [6.07, 6.45) is -2.05. The van der Waals surface area contributed by atoms with Crippen molar-refractivity contribution >= 4 is 23.0 Å². The minimum absolute atomic E-state index is 0.0456. The van der Waals surface area contributed by atoms with Gasteiger partial charge in [0.15, 0.2) is 11.6 Å². The number of halogens is 3. The number of carbonyl (C=O) groups is 2. The fraction of sp³-hybridized carbons (Fsp3) is 0.263. The number of H-pyrrole nitrogens is 1. The van der Waals surface area contributed by atoms with E-state index in [1.54, 1.807) is 18.3 Å². The van der Waals surface area contributed by atoms with E-state index in [1.165, 1.54) is 22.1 Å². The lowest BCUT2D eigenvalue weighted by molar-refractivity contribution is -0.137. The van der Waals surface area contributed by atoms with Crippen molar-refractivity contribution in [2.75, 3.05) is 26.2 Å². The molecule has 1 aliphatic heterocycles. The molecule has 2 aromatic heterocycles. The lowest BCUT2D eigenvalue weighted by Crippen LogP contribution is -2.51. The molecular formula is C19H16F3N5O3. The van der Waals surface area contributed by atoms with Gasteiger partial charge in [0, 0.05) is 32.4 Å². The Kier molecular flexibility index (Phi) is 5.02. The fourth-order valence-corrected chi connectivity index (χ4v) is 3.10. The van der Waals surface area contributed by atoms with Gasteiger partial charge in [-0.3, -0.25) is 9.78 Å². The van der Waals surface area contributed by atoms with Crippen LogP contribution in [0.1, 0.15) is 16.2 Å². The summed E-state index contributed by atoms with van der Waals surface area (Å²) in [7, 11) is 0. The van der Waals surface area contributed by atoms with Gasteiger partial charge in [-0.25, -0.2) is 9.78 Å². The summed E-state index contributed by atoms with van der Waals surface area (Å²) < 4.78 is 43.8. The van der Waals surface area contributed by atoms with E-state index in [0.29, 0.717) is 5.75 Å². The molecule has 1 N–H and O–H groups in total. The van der Waals surface area contributed by atoms with E-state index in [-0.39, 0.29) is 43.0 Å². The maximum absolute atomic E-state index is 12.9. The number of pyridine rings is 1. The Hall–Kier alpha value is -3.63. The molecule has 8 nitrogen and oxygen atoms in total. The molecule has 0 unspecified atom stereocenters. The molecule has 0 bridgehead atoms. The zero-order valence-electron chi connectivity index (χ0n) is 15.5. The van der Waals surface area contributed by atoms with Gasteiger partial charge in [0.2, 0.25) is 0 Å². The molecule has 1 fully saturated rings. The van der Waals surface area contributed by atoms with Crippen LogP contribution in [0.5, 0.6) is 5.75 Å². The van der Waals surface area contributed by atoms with Crippen molar-refractivity contribution in [3.8, 4) is 5.75 Å². The fourth-order valence-electron chi connectivity index (χ4n) is 3.10. The second-order valence-electron chi connectivity index (χ2n) is 6.65. The van der Waals surface area contributed by atoms with Gasteiger partial charge in [-0.15, -0.1) is 0 Å². The third-order valence-electron chi connectivity index (χ3n) is 4.68. The number of aromatic amines is 1. The van der Waals surface area contributed by atoms with Crippen LogP contribution >= 0.6 is 0 Å². The Morgan fingerprint density at radius 2 is 1.80 bits per heavy atom. The zero-order valence-corrected chi connectivity index (χ0v) is 15.5. The number of carbonyl (C=O) groups excluding carboxylic acids is 2. The van der Waals surface area contributed by atoms with Crippen LogP contribution in [0.4, 0.5) is 18.0 Å². The van der Waals surface area contributed by atoms with Gasteiger partial charge in [-0.2, -0.15) is 13.2 Å². The Morgan fingerprint density at radius 3 is 2.47 bits per heavy atom. The van der Waals surface area contributed by atoms with Gasteiger partial charge >= 0.3 is 12.3 Å².